The minimum absolute atomic E-state index is 0.0275. The van der Waals surface area contributed by atoms with Crippen LogP contribution in [0.3, 0.4) is 0 Å². The number of hydrogen-bond acceptors (Lipinski definition) is 4. The van der Waals surface area contributed by atoms with E-state index in [0.29, 0.717) is 0 Å². The van der Waals surface area contributed by atoms with Gasteiger partial charge in [0.2, 0.25) is 5.78 Å². The minimum atomic E-state index is -2.99. The molecule has 2 rings (SSSR count). The molecule has 4 nitrogen and oxygen atoms in total. The Kier molecular flexibility index (Phi) is 3.70. The maximum Gasteiger partial charge on any atom is 0.387 e. The highest BCUT2D eigenvalue weighted by atomic mass is 19.3. The smallest absolute Gasteiger partial charge is 0.387 e. The molecule has 0 bridgehead atoms. The number of hydrogen-bond donors (Lipinski definition) is 1. The Morgan fingerprint density at radius 1 is 1.26 bits per heavy atom. The SMILES string of the molecule is O=C(c1ccccn1)c1ccc(OC(F)F)cc1O. The molecule has 1 N–H and O–H groups in total. The Morgan fingerprint density at radius 2 is 2.05 bits per heavy atom. The Hall–Kier alpha value is -2.50. The van der Waals surface area contributed by atoms with E-state index in [-0.39, 0.29) is 17.0 Å². The van der Waals surface area contributed by atoms with Gasteiger partial charge < -0.3 is 9.84 Å². The fourth-order valence-corrected chi connectivity index (χ4v) is 1.51. The Labute approximate surface area is 107 Å². The van der Waals surface area contributed by atoms with Crippen LogP contribution in [0.1, 0.15) is 16.1 Å². The monoisotopic (exact) mass is 265 g/mol. The molecule has 0 saturated heterocycles. The maximum absolute atomic E-state index is 12.0. The quantitative estimate of drug-likeness (QED) is 0.863. The third kappa shape index (κ3) is 3.04. The summed E-state index contributed by atoms with van der Waals surface area (Å²) in [5.74, 6) is -1.15. The van der Waals surface area contributed by atoms with E-state index in [0.717, 1.165) is 6.07 Å². The molecule has 1 heterocycles. The molecule has 0 aliphatic rings. The van der Waals surface area contributed by atoms with E-state index in [1.807, 2.05) is 0 Å². The van der Waals surface area contributed by atoms with Gasteiger partial charge in [-0.25, -0.2) is 0 Å². The summed E-state index contributed by atoms with van der Waals surface area (Å²) in [5.41, 5.74) is 0.126. The number of rotatable bonds is 4. The molecule has 0 atom stereocenters. The summed E-state index contributed by atoms with van der Waals surface area (Å²) in [6, 6.07) is 8.13. The molecule has 0 unspecified atom stereocenters. The number of halogens is 2. The van der Waals surface area contributed by atoms with E-state index < -0.39 is 18.1 Å². The van der Waals surface area contributed by atoms with Crippen LogP contribution < -0.4 is 4.74 Å². The molecular weight excluding hydrogens is 256 g/mol. The largest absolute Gasteiger partial charge is 0.507 e. The topological polar surface area (TPSA) is 59.4 Å². The van der Waals surface area contributed by atoms with Gasteiger partial charge in [0.05, 0.1) is 5.56 Å². The van der Waals surface area contributed by atoms with E-state index in [4.69, 9.17) is 0 Å². The molecule has 19 heavy (non-hydrogen) atoms. The lowest BCUT2D eigenvalue weighted by atomic mass is 10.1. The molecule has 1 aromatic carbocycles. The fourth-order valence-electron chi connectivity index (χ4n) is 1.51. The number of ketones is 1. The second-order valence-corrected chi connectivity index (χ2v) is 3.60. The second kappa shape index (κ2) is 5.43. The number of phenolic OH excluding ortho intramolecular Hbond substituents is 1. The Bertz CT molecular complexity index is 588. The van der Waals surface area contributed by atoms with Crippen LogP contribution in [0.15, 0.2) is 42.6 Å². The Morgan fingerprint density at radius 3 is 2.63 bits per heavy atom. The highest BCUT2D eigenvalue weighted by molar-refractivity contribution is 6.09. The zero-order valence-electron chi connectivity index (χ0n) is 9.59. The van der Waals surface area contributed by atoms with E-state index in [2.05, 4.69) is 9.72 Å². The molecule has 0 spiro atoms. The van der Waals surface area contributed by atoms with Crippen molar-refractivity contribution < 1.29 is 23.4 Å². The number of phenols is 1. The van der Waals surface area contributed by atoms with Gasteiger partial charge in [0.25, 0.3) is 0 Å². The molecule has 0 saturated carbocycles. The second-order valence-electron chi connectivity index (χ2n) is 3.60. The van der Waals surface area contributed by atoms with Crippen molar-refractivity contribution >= 4 is 5.78 Å². The zero-order chi connectivity index (χ0) is 13.8. The predicted octanol–water partition coefficient (Wildman–Crippen LogP) is 2.62. The molecular formula is C13H9F2NO3. The van der Waals surface area contributed by atoms with Gasteiger partial charge in [0.15, 0.2) is 0 Å². The number of aromatic hydroxyl groups is 1. The number of nitrogens with zero attached hydrogens (tertiary/aromatic N) is 1. The molecule has 0 radical (unpaired) electrons. The summed E-state index contributed by atoms with van der Waals surface area (Å²) in [7, 11) is 0. The molecule has 0 fully saturated rings. The summed E-state index contributed by atoms with van der Waals surface area (Å²) >= 11 is 0. The predicted molar refractivity (Wildman–Crippen MR) is 62.4 cm³/mol. The first-order chi connectivity index (χ1) is 9.08. The first kappa shape index (κ1) is 12.9. The van der Waals surface area contributed by atoms with Gasteiger partial charge in [0, 0.05) is 12.3 Å². The fraction of sp³-hybridized carbons (Fsp3) is 0.0769. The lowest BCUT2D eigenvalue weighted by molar-refractivity contribution is -0.0499. The van der Waals surface area contributed by atoms with Crippen molar-refractivity contribution in [1.82, 2.24) is 4.98 Å². The van der Waals surface area contributed by atoms with Gasteiger partial charge in [-0.05, 0) is 24.3 Å². The summed E-state index contributed by atoms with van der Waals surface area (Å²) < 4.78 is 28.1. The van der Waals surface area contributed by atoms with E-state index >= 15 is 0 Å². The summed E-state index contributed by atoms with van der Waals surface area (Å²) in [5, 5.41) is 9.66. The molecule has 0 aliphatic carbocycles. The number of pyridine rings is 1. The van der Waals surface area contributed by atoms with Gasteiger partial charge in [-0.3, -0.25) is 9.78 Å². The summed E-state index contributed by atoms with van der Waals surface area (Å²) in [6.07, 6.45) is 1.44. The van der Waals surface area contributed by atoms with E-state index in [1.165, 1.54) is 24.4 Å². The normalized spacial score (nSPS) is 10.5. The lowest BCUT2D eigenvalue weighted by Gasteiger charge is -2.07. The van der Waals surface area contributed by atoms with Crippen molar-refractivity contribution in [3.63, 3.8) is 0 Å². The van der Waals surface area contributed by atoms with Crippen molar-refractivity contribution in [3.05, 3.63) is 53.9 Å². The van der Waals surface area contributed by atoms with Gasteiger partial charge in [-0.15, -0.1) is 0 Å². The van der Waals surface area contributed by atoms with Crippen LogP contribution in [-0.2, 0) is 0 Å². The van der Waals surface area contributed by atoms with Crippen molar-refractivity contribution in [3.8, 4) is 11.5 Å². The molecule has 0 amide bonds. The van der Waals surface area contributed by atoms with Crippen LogP contribution in [0.5, 0.6) is 11.5 Å². The molecule has 6 heteroatoms. The van der Waals surface area contributed by atoms with E-state index in [9.17, 15) is 18.7 Å². The van der Waals surface area contributed by atoms with Crippen LogP contribution >= 0.6 is 0 Å². The van der Waals surface area contributed by atoms with Gasteiger partial charge in [0.1, 0.15) is 17.2 Å². The number of alkyl halides is 2. The lowest BCUT2D eigenvalue weighted by Crippen LogP contribution is -2.05. The molecule has 0 aliphatic heterocycles. The van der Waals surface area contributed by atoms with Crippen molar-refractivity contribution in [1.29, 1.82) is 0 Å². The summed E-state index contributed by atoms with van der Waals surface area (Å²) in [6.45, 7) is -2.99. The maximum atomic E-state index is 12.0. The van der Waals surface area contributed by atoms with Crippen LogP contribution in [-0.4, -0.2) is 22.5 Å². The third-order valence-electron chi connectivity index (χ3n) is 2.34. The van der Waals surface area contributed by atoms with Gasteiger partial charge in [-0.2, -0.15) is 8.78 Å². The van der Waals surface area contributed by atoms with E-state index in [1.54, 1.807) is 12.1 Å². The minimum Gasteiger partial charge on any atom is -0.507 e. The van der Waals surface area contributed by atoms with Crippen LogP contribution in [0.4, 0.5) is 8.78 Å². The average Bonchev–Trinajstić information content (AvgIpc) is 2.38. The first-order valence-corrected chi connectivity index (χ1v) is 5.31. The third-order valence-corrected chi connectivity index (χ3v) is 2.34. The van der Waals surface area contributed by atoms with Gasteiger partial charge >= 0.3 is 6.61 Å². The Balaban J connectivity index is 2.29. The number of benzene rings is 1. The molecule has 1 aromatic heterocycles. The highest BCUT2D eigenvalue weighted by Gasteiger charge is 2.16. The number of carbonyl (C=O) groups excluding carboxylic acids is 1. The average molecular weight is 265 g/mol. The van der Waals surface area contributed by atoms with Gasteiger partial charge in [-0.1, -0.05) is 6.07 Å². The summed E-state index contributed by atoms with van der Waals surface area (Å²) in [4.78, 5) is 15.8. The zero-order valence-corrected chi connectivity index (χ0v) is 9.59. The first-order valence-electron chi connectivity index (χ1n) is 5.31. The van der Waals surface area contributed by atoms with Crippen LogP contribution in [0, 0.1) is 0 Å². The van der Waals surface area contributed by atoms with Crippen LogP contribution in [0.25, 0.3) is 0 Å². The van der Waals surface area contributed by atoms with Crippen LogP contribution in [0.2, 0.25) is 0 Å². The van der Waals surface area contributed by atoms with Crippen molar-refractivity contribution in [2.45, 2.75) is 6.61 Å². The number of ether oxygens (including phenoxy) is 1. The number of carbonyl (C=O) groups is 1. The molecule has 2 aromatic rings. The standard InChI is InChI=1S/C13H9F2NO3/c14-13(15)19-8-4-5-9(11(17)7-8)12(18)10-3-1-2-6-16-10/h1-7,13,17H. The van der Waals surface area contributed by atoms with Crippen molar-refractivity contribution in [2.24, 2.45) is 0 Å². The number of aromatic nitrogens is 1. The molecule has 98 valence electrons. The van der Waals surface area contributed by atoms with Crippen molar-refractivity contribution in [2.75, 3.05) is 0 Å². The highest BCUT2D eigenvalue weighted by Crippen LogP contribution is 2.26.